The number of hydrogen-bond donors (Lipinski definition) is 0. The van der Waals surface area contributed by atoms with E-state index < -0.39 is 0 Å². The molecule has 29 heavy (non-hydrogen) atoms. The van der Waals surface area contributed by atoms with E-state index in [-0.39, 0.29) is 0 Å². The van der Waals surface area contributed by atoms with Crippen molar-refractivity contribution in [2.75, 3.05) is 23.0 Å². The normalized spacial score (nSPS) is 16.1. The maximum atomic E-state index is 2.41. The summed E-state index contributed by atoms with van der Waals surface area (Å²) in [5.41, 5.74) is 1.73. The highest BCUT2D eigenvalue weighted by atomic mass is 32.2. The largest absolute Gasteiger partial charge is 0.161 e. The van der Waals surface area contributed by atoms with Crippen molar-refractivity contribution in [3.63, 3.8) is 0 Å². The standard InChI is InChI=1S/C26H54S3/c1-23(2,3)13-15-27-19-21(17-25(7,8)9)29-22(18-26(10,11)12)20-28-16-14-24(4,5)6/h21-22H,13-20H2,1-12H3. The van der Waals surface area contributed by atoms with E-state index in [1.807, 2.05) is 0 Å². The maximum Gasteiger partial charge on any atom is 0.0146 e. The second kappa shape index (κ2) is 12.9. The Kier molecular flexibility index (Phi) is 13.4. The Bertz CT molecular complexity index is 375. The van der Waals surface area contributed by atoms with Gasteiger partial charge in [0.05, 0.1) is 0 Å². The fraction of sp³-hybridized carbons (Fsp3) is 1.00. The topological polar surface area (TPSA) is 0 Å². The first-order valence-electron chi connectivity index (χ1n) is 11.7. The van der Waals surface area contributed by atoms with Gasteiger partial charge in [0.25, 0.3) is 0 Å². The lowest BCUT2D eigenvalue weighted by Gasteiger charge is -2.32. The molecule has 0 aromatic rings. The van der Waals surface area contributed by atoms with Gasteiger partial charge in [-0.25, -0.2) is 0 Å². The lowest BCUT2D eigenvalue weighted by atomic mass is 9.90. The molecule has 0 N–H and O–H groups in total. The quantitative estimate of drug-likeness (QED) is 0.265. The predicted molar refractivity (Wildman–Crippen MR) is 146 cm³/mol. The SMILES string of the molecule is CC(C)(C)CCSCC(CC(C)(C)C)SC(CSCCC(C)(C)C)CC(C)(C)C. The molecule has 0 nitrogen and oxygen atoms in total. The summed E-state index contributed by atoms with van der Waals surface area (Å²) in [5.74, 6) is 5.22. The van der Waals surface area contributed by atoms with Crippen molar-refractivity contribution in [1.29, 1.82) is 0 Å². The highest BCUT2D eigenvalue weighted by molar-refractivity contribution is 8.05. The van der Waals surface area contributed by atoms with Crippen molar-refractivity contribution in [3.8, 4) is 0 Å². The van der Waals surface area contributed by atoms with Crippen LogP contribution in [0.5, 0.6) is 0 Å². The van der Waals surface area contributed by atoms with Crippen molar-refractivity contribution in [3.05, 3.63) is 0 Å². The van der Waals surface area contributed by atoms with Crippen molar-refractivity contribution in [2.45, 2.75) is 119 Å². The molecule has 0 saturated carbocycles. The maximum absolute atomic E-state index is 2.41. The van der Waals surface area contributed by atoms with Crippen LogP contribution in [0.4, 0.5) is 0 Å². The van der Waals surface area contributed by atoms with Crippen LogP contribution in [-0.2, 0) is 0 Å². The number of thioether (sulfide) groups is 3. The summed E-state index contributed by atoms with van der Waals surface area (Å²) >= 11 is 6.70. The molecule has 0 aliphatic heterocycles. The fourth-order valence-corrected chi connectivity index (χ4v) is 8.67. The van der Waals surface area contributed by atoms with E-state index >= 15 is 0 Å². The van der Waals surface area contributed by atoms with Gasteiger partial charge < -0.3 is 0 Å². The highest BCUT2D eigenvalue weighted by Gasteiger charge is 2.26. The molecule has 0 amide bonds. The van der Waals surface area contributed by atoms with Gasteiger partial charge in [0.15, 0.2) is 0 Å². The molecule has 0 spiro atoms. The molecule has 0 aliphatic rings. The van der Waals surface area contributed by atoms with Crippen LogP contribution in [0.1, 0.15) is 109 Å². The minimum atomic E-state index is 0.411. The highest BCUT2D eigenvalue weighted by Crippen LogP contribution is 2.38. The van der Waals surface area contributed by atoms with Crippen LogP contribution in [0, 0.1) is 21.7 Å². The number of hydrogen-bond acceptors (Lipinski definition) is 3. The van der Waals surface area contributed by atoms with Crippen LogP contribution >= 0.6 is 35.3 Å². The average molecular weight is 463 g/mol. The van der Waals surface area contributed by atoms with Crippen LogP contribution in [0.3, 0.4) is 0 Å². The molecule has 0 heterocycles. The van der Waals surface area contributed by atoms with E-state index in [0.717, 1.165) is 10.5 Å². The molecular formula is C26H54S3. The lowest BCUT2D eigenvalue weighted by Crippen LogP contribution is -2.25. The predicted octanol–water partition coefficient (Wildman–Crippen LogP) is 9.67. The average Bonchev–Trinajstić information content (AvgIpc) is 2.42. The molecule has 0 rings (SSSR count). The van der Waals surface area contributed by atoms with Gasteiger partial charge in [-0.05, 0) is 58.8 Å². The van der Waals surface area contributed by atoms with Crippen LogP contribution in [0.2, 0.25) is 0 Å². The van der Waals surface area contributed by atoms with E-state index in [1.165, 1.54) is 48.7 Å². The molecule has 176 valence electrons. The molecule has 2 atom stereocenters. The zero-order valence-electron chi connectivity index (χ0n) is 22.0. The van der Waals surface area contributed by atoms with Crippen LogP contribution < -0.4 is 0 Å². The molecular weight excluding hydrogens is 408 g/mol. The summed E-state index contributed by atoms with van der Waals surface area (Å²) in [7, 11) is 0. The monoisotopic (exact) mass is 462 g/mol. The summed E-state index contributed by atoms with van der Waals surface area (Å²) in [6, 6.07) is 0. The van der Waals surface area contributed by atoms with Gasteiger partial charge in [-0.2, -0.15) is 35.3 Å². The van der Waals surface area contributed by atoms with Crippen molar-refractivity contribution >= 4 is 35.3 Å². The van der Waals surface area contributed by atoms with Crippen LogP contribution in [0.25, 0.3) is 0 Å². The van der Waals surface area contributed by atoms with E-state index in [2.05, 4.69) is 118 Å². The summed E-state index contributed by atoms with van der Waals surface area (Å²) in [4.78, 5) is 0. The summed E-state index contributed by atoms with van der Waals surface area (Å²) in [5, 5.41) is 1.55. The molecule has 0 aromatic heterocycles. The minimum absolute atomic E-state index is 0.411. The Morgan fingerprint density at radius 3 is 1.03 bits per heavy atom. The van der Waals surface area contributed by atoms with Crippen molar-refractivity contribution in [1.82, 2.24) is 0 Å². The molecule has 3 heteroatoms. The summed E-state index contributed by atoms with van der Waals surface area (Å²) < 4.78 is 0. The van der Waals surface area contributed by atoms with Gasteiger partial charge in [0.2, 0.25) is 0 Å². The first-order valence-corrected chi connectivity index (χ1v) is 14.9. The molecule has 0 saturated heterocycles. The Morgan fingerprint density at radius 2 is 0.793 bits per heavy atom. The summed E-state index contributed by atoms with van der Waals surface area (Å²) in [6.45, 7) is 28.7. The van der Waals surface area contributed by atoms with Gasteiger partial charge >= 0.3 is 0 Å². The van der Waals surface area contributed by atoms with E-state index in [9.17, 15) is 0 Å². The third kappa shape index (κ3) is 22.0. The van der Waals surface area contributed by atoms with Crippen LogP contribution in [0.15, 0.2) is 0 Å². The van der Waals surface area contributed by atoms with Gasteiger partial charge in [-0.3, -0.25) is 0 Å². The molecule has 0 aliphatic carbocycles. The third-order valence-corrected chi connectivity index (χ3v) is 8.79. The molecule has 0 fully saturated rings. The van der Waals surface area contributed by atoms with Gasteiger partial charge in [0, 0.05) is 22.0 Å². The Hall–Kier alpha value is 1.05. The van der Waals surface area contributed by atoms with E-state index in [1.54, 1.807) is 0 Å². The second-order valence-corrected chi connectivity index (χ2v) is 17.6. The zero-order valence-corrected chi connectivity index (χ0v) is 24.5. The smallest absolute Gasteiger partial charge is 0.0146 e. The van der Waals surface area contributed by atoms with Crippen molar-refractivity contribution < 1.29 is 0 Å². The van der Waals surface area contributed by atoms with Gasteiger partial charge in [-0.1, -0.05) is 83.1 Å². The zero-order chi connectivity index (χ0) is 22.9. The Labute approximate surface area is 198 Å². The second-order valence-electron chi connectivity index (χ2n) is 13.7. The van der Waals surface area contributed by atoms with Crippen molar-refractivity contribution in [2.24, 2.45) is 21.7 Å². The van der Waals surface area contributed by atoms with Gasteiger partial charge in [-0.15, -0.1) is 0 Å². The lowest BCUT2D eigenvalue weighted by molar-refractivity contribution is 0.371. The Morgan fingerprint density at radius 1 is 0.483 bits per heavy atom. The minimum Gasteiger partial charge on any atom is -0.161 e. The van der Waals surface area contributed by atoms with E-state index in [0.29, 0.717) is 21.7 Å². The summed E-state index contributed by atoms with van der Waals surface area (Å²) in [6.07, 6.45) is 5.29. The van der Waals surface area contributed by atoms with E-state index in [4.69, 9.17) is 0 Å². The third-order valence-electron chi connectivity index (χ3n) is 4.67. The van der Waals surface area contributed by atoms with Crippen LogP contribution in [-0.4, -0.2) is 33.5 Å². The molecule has 0 aromatic carbocycles. The van der Waals surface area contributed by atoms with Gasteiger partial charge in [0.1, 0.15) is 0 Å². The molecule has 0 radical (unpaired) electrons. The fourth-order valence-electron chi connectivity index (χ4n) is 3.12. The first-order chi connectivity index (χ1) is 12.9. The number of rotatable bonds is 12. The molecule has 0 bridgehead atoms. The molecule has 2 unspecified atom stereocenters. The Balaban J connectivity index is 4.86. The first kappa shape index (κ1) is 30.0.